The summed E-state index contributed by atoms with van der Waals surface area (Å²) in [5.41, 5.74) is 2.54. The Kier molecular flexibility index (Phi) is 2.96. The van der Waals surface area contributed by atoms with Crippen LogP contribution in [0.15, 0.2) is 36.4 Å². The van der Waals surface area contributed by atoms with Crippen LogP contribution in [-0.4, -0.2) is 25.3 Å². The van der Waals surface area contributed by atoms with Crippen molar-refractivity contribution in [1.29, 1.82) is 0 Å². The van der Waals surface area contributed by atoms with E-state index in [-0.39, 0.29) is 0 Å². The Morgan fingerprint density at radius 1 is 0.885 bits per heavy atom. The fraction of sp³-hybridized carbons (Fsp3) is 0.500. The third-order valence-corrected chi connectivity index (χ3v) is 6.77. The standard InChI is InChI=1S/C20H21N5O/c1-3-17(26-19-6-5-18-21-23-24-25(18)22-19)4-2-16(1)20-10-13-7-14(11-20)9-15(8-13)12-20/h1-6,13-15H,7-12H2. The number of hydrogen-bond acceptors (Lipinski definition) is 5. The Morgan fingerprint density at radius 3 is 2.27 bits per heavy atom. The molecule has 0 atom stereocenters. The lowest BCUT2D eigenvalue weighted by atomic mass is 9.48. The third kappa shape index (κ3) is 2.24. The highest BCUT2D eigenvalue weighted by atomic mass is 16.5. The second-order valence-electron chi connectivity index (χ2n) is 8.52. The van der Waals surface area contributed by atoms with E-state index in [1.54, 1.807) is 12.1 Å². The summed E-state index contributed by atoms with van der Waals surface area (Å²) in [6, 6.07) is 12.3. The van der Waals surface area contributed by atoms with Crippen molar-refractivity contribution < 1.29 is 4.74 Å². The summed E-state index contributed by atoms with van der Waals surface area (Å²) in [4.78, 5) is 0. The molecule has 4 bridgehead atoms. The van der Waals surface area contributed by atoms with Crippen LogP contribution >= 0.6 is 0 Å². The van der Waals surface area contributed by atoms with Gasteiger partial charge in [0.1, 0.15) is 5.75 Å². The van der Waals surface area contributed by atoms with Crippen LogP contribution in [0.1, 0.15) is 44.1 Å². The zero-order valence-electron chi connectivity index (χ0n) is 14.6. The molecule has 26 heavy (non-hydrogen) atoms. The van der Waals surface area contributed by atoms with Gasteiger partial charge in [-0.15, -0.1) is 14.8 Å². The molecule has 4 fully saturated rings. The lowest BCUT2D eigenvalue weighted by molar-refractivity contribution is -0.00519. The number of ether oxygens (including phenoxy) is 1. The Labute approximate surface area is 151 Å². The first-order chi connectivity index (χ1) is 12.8. The molecule has 0 amide bonds. The molecule has 2 heterocycles. The molecule has 0 aliphatic heterocycles. The molecule has 0 spiro atoms. The van der Waals surface area contributed by atoms with Gasteiger partial charge in [-0.2, -0.15) is 0 Å². The van der Waals surface area contributed by atoms with E-state index in [1.807, 2.05) is 0 Å². The fourth-order valence-electron chi connectivity index (χ4n) is 6.15. The first kappa shape index (κ1) is 14.6. The van der Waals surface area contributed by atoms with Crippen molar-refractivity contribution in [2.45, 2.75) is 43.9 Å². The number of rotatable bonds is 3. The van der Waals surface area contributed by atoms with Crippen molar-refractivity contribution in [1.82, 2.24) is 25.3 Å². The Morgan fingerprint density at radius 2 is 1.58 bits per heavy atom. The van der Waals surface area contributed by atoms with E-state index in [0.717, 1.165) is 23.5 Å². The van der Waals surface area contributed by atoms with Crippen LogP contribution in [0.4, 0.5) is 0 Å². The van der Waals surface area contributed by atoms with Gasteiger partial charge in [0, 0.05) is 6.07 Å². The van der Waals surface area contributed by atoms with E-state index in [0.29, 0.717) is 16.9 Å². The molecule has 4 aliphatic carbocycles. The Balaban J connectivity index is 1.26. The third-order valence-electron chi connectivity index (χ3n) is 6.77. The molecular formula is C20H21N5O. The molecule has 0 radical (unpaired) electrons. The van der Waals surface area contributed by atoms with E-state index in [1.165, 1.54) is 48.7 Å². The fourth-order valence-corrected chi connectivity index (χ4v) is 6.15. The number of hydrogen-bond donors (Lipinski definition) is 0. The monoisotopic (exact) mass is 347 g/mol. The van der Waals surface area contributed by atoms with Crippen LogP contribution in [0, 0.1) is 17.8 Å². The van der Waals surface area contributed by atoms with Crippen molar-refractivity contribution in [3.8, 4) is 11.6 Å². The van der Waals surface area contributed by atoms with Crippen LogP contribution < -0.4 is 4.74 Å². The summed E-state index contributed by atoms with van der Waals surface area (Å²) in [7, 11) is 0. The van der Waals surface area contributed by atoms with Crippen molar-refractivity contribution in [2.24, 2.45) is 17.8 Å². The predicted octanol–water partition coefficient (Wildman–Crippen LogP) is 3.78. The number of aromatic nitrogens is 5. The van der Waals surface area contributed by atoms with Crippen molar-refractivity contribution in [2.75, 3.05) is 0 Å². The van der Waals surface area contributed by atoms with Crippen LogP contribution in [0.2, 0.25) is 0 Å². The predicted molar refractivity (Wildman–Crippen MR) is 94.9 cm³/mol. The quantitative estimate of drug-likeness (QED) is 0.721. The molecule has 6 nitrogen and oxygen atoms in total. The van der Waals surface area contributed by atoms with Crippen LogP contribution in [0.25, 0.3) is 5.65 Å². The maximum Gasteiger partial charge on any atom is 0.239 e. The minimum Gasteiger partial charge on any atom is -0.438 e. The molecule has 4 aliphatic rings. The van der Waals surface area contributed by atoms with Gasteiger partial charge in [0.2, 0.25) is 5.88 Å². The molecule has 0 saturated heterocycles. The van der Waals surface area contributed by atoms with E-state index < -0.39 is 0 Å². The van der Waals surface area contributed by atoms with Crippen LogP contribution in [0.5, 0.6) is 11.6 Å². The van der Waals surface area contributed by atoms with E-state index in [2.05, 4.69) is 44.9 Å². The Bertz CT molecular complexity index is 928. The molecule has 6 heteroatoms. The summed E-state index contributed by atoms with van der Waals surface area (Å²) < 4.78 is 7.28. The van der Waals surface area contributed by atoms with E-state index in [4.69, 9.17) is 4.74 Å². The topological polar surface area (TPSA) is 65.2 Å². The van der Waals surface area contributed by atoms with Gasteiger partial charge in [-0.25, -0.2) is 0 Å². The number of benzene rings is 1. The molecule has 2 aromatic heterocycles. The molecule has 132 valence electrons. The second-order valence-corrected chi connectivity index (χ2v) is 8.52. The highest BCUT2D eigenvalue weighted by Crippen LogP contribution is 2.60. The van der Waals surface area contributed by atoms with Crippen LogP contribution in [0.3, 0.4) is 0 Å². The van der Waals surface area contributed by atoms with Crippen LogP contribution in [-0.2, 0) is 5.41 Å². The zero-order valence-corrected chi connectivity index (χ0v) is 14.6. The van der Waals surface area contributed by atoms with Gasteiger partial charge in [-0.1, -0.05) is 12.1 Å². The minimum absolute atomic E-state index is 0.427. The normalized spacial score (nSPS) is 32.2. The maximum atomic E-state index is 5.90. The van der Waals surface area contributed by atoms with Gasteiger partial charge in [0.15, 0.2) is 5.65 Å². The summed E-state index contributed by atoms with van der Waals surface area (Å²) in [5.74, 6) is 4.18. The van der Waals surface area contributed by atoms with Gasteiger partial charge in [0.05, 0.1) is 0 Å². The smallest absolute Gasteiger partial charge is 0.239 e. The first-order valence-corrected chi connectivity index (χ1v) is 9.60. The van der Waals surface area contributed by atoms with Gasteiger partial charge < -0.3 is 4.74 Å². The van der Waals surface area contributed by atoms with E-state index >= 15 is 0 Å². The number of tetrazole rings is 1. The summed E-state index contributed by atoms with van der Waals surface area (Å²) in [6.45, 7) is 0. The maximum absolute atomic E-state index is 5.90. The lowest BCUT2D eigenvalue weighted by Gasteiger charge is -2.57. The molecule has 0 unspecified atom stereocenters. The number of fused-ring (bicyclic) bond motifs is 1. The second kappa shape index (κ2) is 5.25. The van der Waals surface area contributed by atoms with Gasteiger partial charge >= 0.3 is 0 Å². The first-order valence-electron chi connectivity index (χ1n) is 9.60. The molecule has 0 N–H and O–H groups in total. The highest BCUT2D eigenvalue weighted by molar-refractivity contribution is 5.38. The molecule has 1 aromatic carbocycles. The van der Waals surface area contributed by atoms with Crippen molar-refractivity contribution >= 4 is 5.65 Å². The van der Waals surface area contributed by atoms with E-state index in [9.17, 15) is 0 Å². The average molecular weight is 347 g/mol. The zero-order chi connectivity index (χ0) is 17.1. The molecule has 3 aromatic rings. The summed E-state index contributed by atoms with van der Waals surface area (Å²) in [6.07, 6.45) is 8.59. The van der Waals surface area contributed by atoms with Crippen molar-refractivity contribution in [3.05, 3.63) is 42.0 Å². The highest BCUT2D eigenvalue weighted by Gasteiger charge is 2.51. The minimum atomic E-state index is 0.427. The van der Waals surface area contributed by atoms with Gasteiger partial charge in [0.25, 0.3) is 0 Å². The molecule has 4 saturated carbocycles. The van der Waals surface area contributed by atoms with Gasteiger partial charge in [-0.05, 0) is 95.9 Å². The largest absolute Gasteiger partial charge is 0.438 e. The summed E-state index contributed by atoms with van der Waals surface area (Å²) >= 11 is 0. The number of nitrogens with zero attached hydrogens (tertiary/aromatic N) is 5. The summed E-state index contributed by atoms with van der Waals surface area (Å²) in [5, 5.41) is 15.5. The molecule has 7 rings (SSSR count). The van der Waals surface area contributed by atoms with Crippen molar-refractivity contribution in [3.63, 3.8) is 0 Å². The SMILES string of the molecule is c1cc(C23CC4CC(CC(C4)C2)C3)ccc1Oc1ccc2nnnn2n1. The molecular weight excluding hydrogens is 326 g/mol. The van der Waals surface area contributed by atoms with Gasteiger partial charge in [-0.3, -0.25) is 0 Å². The average Bonchev–Trinajstić information content (AvgIpc) is 3.09. The Hall–Kier alpha value is -2.50. The lowest BCUT2D eigenvalue weighted by Crippen LogP contribution is -2.48.